The number of aromatic amines is 2. The largest absolute Gasteiger partial charge is 0.369 e. The Morgan fingerprint density at radius 3 is 2.33 bits per heavy atom. The monoisotopic (exact) mass is 283 g/mol. The number of rotatable bonds is 1. The van der Waals surface area contributed by atoms with E-state index in [1.165, 1.54) is 5.56 Å². The fourth-order valence-electron chi connectivity index (χ4n) is 2.19. The lowest BCUT2D eigenvalue weighted by atomic mass is 9.87. The van der Waals surface area contributed by atoms with Crippen LogP contribution in [0.5, 0.6) is 0 Å². The Bertz CT molecular complexity index is 852. The molecule has 21 heavy (non-hydrogen) atoms. The first-order valence-corrected chi connectivity index (χ1v) is 6.71. The minimum atomic E-state index is -0.317. The van der Waals surface area contributed by atoms with Gasteiger partial charge in [0.05, 0.1) is 0 Å². The van der Waals surface area contributed by atoms with Crippen molar-refractivity contribution in [3.8, 4) is 11.4 Å². The maximum Gasteiger partial charge on any atom is 0.278 e. The molecule has 0 fully saturated rings. The molecule has 0 aliphatic rings. The Morgan fingerprint density at radius 2 is 1.71 bits per heavy atom. The van der Waals surface area contributed by atoms with Crippen LogP contribution in [0.3, 0.4) is 0 Å². The summed E-state index contributed by atoms with van der Waals surface area (Å²) >= 11 is 0. The average Bonchev–Trinajstić information content (AvgIpc) is 2.82. The van der Waals surface area contributed by atoms with Gasteiger partial charge in [0.25, 0.3) is 5.56 Å². The van der Waals surface area contributed by atoms with Gasteiger partial charge in [-0.1, -0.05) is 45.0 Å². The van der Waals surface area contributed by atoms with Crippen molar-refractivity contribution >= 4 is 17.1 Å². The fraction of sp³-hybridized carbons (Fsp3) is 0.267. The van der Waals surface area contributed by atoms with Crippen molar-refractivity contribution in [3.63, 3.8) is 0 Å². The molecule has 0 saturated carbocycles. The summed E-state index contributed by atoms with van der Waals surface area (Å²) in [5.74, 6) is 0.669. The molecule has 2 aromatic heterocycles. The first kappa shape index (κ1) is 13.4. The minimum absolute atomic E-state index is 0.0635. The van der Waals surface area contributed by atoms with Gasteiger partial charge in [-0.3, -0.25) is 9.78 Å². The van der Waals surface area contributed by atoms with E-state index in [1.54, 1.807) is 0 Å². The first-order valence-electron chi connectivity index (χ1n) is 6.71. The molecule has 0 radical (unpaired) electrons. The van der Waals surface area contributed by atoms with E-state index in [1.807, 2.05) is 12.1 Å². The number of nitrogens with zero attached hydrogens (tertiary/aromatic N) is 2. The van der Waals surface area contributed by atoms with Crippen molar-refractivity contribution in [1.29, 1.82) is 0 Å². The molecule has 3 aromatic rings. The van der Waals surface area contributed by atoms with Crippen molar-refractivity contribution in [2.45, 2.75) is 26.2 Å². The number of imidazole rings is 1. The summed E-state index contributed by atoms with van der Waals surface area (Å²) in [4.78, 5) is 25.6. The van der Waals surface area contributed by atoms with Crippen LogP contribution in [-0.2, 0) is 5.41 Å². The second kappa shape index (κ2) is 4.44. The summed E-state index contributed by atoms with van der Waals surface area (Å²) in [6.45, 7) is 6.49. The van der Waals surface area contributed by atoms with E-state index >= 15 is 0 Å². The number of hydrogen-bond donors (Lipinski definition) is 3. The zero-order valence-electron chi connectivity index (χ0n) is 12.2. The van der Waals surface area contributed by atoms with Gasteiger partial charge in [0, 0.05) is 5.56 Å². The highest BCUT2D eigenvalue weighted by molar-refractivity contribution is 5.75. The first-order chi connectivity index (χ1) is 9.84. The van der Waals surface area contributed by atoms with E-state index < -0.39 is 0 Å². The number of H-pyrrole nitrogens is 2. The molecular weight excluding hydrogens is 266 g/mol. The Labute approximate surface area is 121 Å². The molecule has 0 saturated heterocycles. The van der Waals surface area contributed by atoms with Crippen LogP contribution in [-0.4, -0.2) is 19.9 Å². The Hall–Kier alpha value is -2.63. The summed E-state index contributed by atoms with van der Waals surface area (Å²) in [5.41, 5.74) is 8.10. The lowest BCUT2D eigenvalue weighted by Crippen LogP contribution is -2.10. The molecule has 3 rings (SSSR count). The molecule has 0 aliphatic carbocycles. The van der Waals surface area contributed by atoms with E-state index in [-0.39, 0.29) is 16.9 Å². The van der Waals surface area contributed by atoms with E-state index in [0.29, 0.717) is 17.0 Å². The number of anilines is 1. The van der Waals surface area contributed by atoms with Crippen molar-refractivity contribution in [3.05, 3.63) is 40.2 Å². The molecule has 2 heterocycles. The molecular formula is C15H17N5O. The van der Waals surface area contributed by atoms with Crippen LogP contribution in [0.25, 0.3) is 22.6 Å². The molecule has 0 spiro atoms. The molecule has 4 N–H and O–H groups in total. The Balaban J connectivity index is 2.08. The average molecular weight is 283 g/mol. The molecule has 6 nitrogen and oxygen atoms in total. The van der Waals surface area contributed by atoms with E-state index in [4.69, 9.17) is 5.73 Å². The minimum Gasteiger partial charge on any atom is -0.369 e. The lowest BCUT2D eigenvalue weighted by Gasteiger charge is -2.18. The van der Waals surface area contributed by atoms with Crippen molar-refractivity contribution in [1.82, 2.24) is 19.9 Å². The number of aromatic nitrogens is 4. The topological polar surface area (TPSA) is 100 Å². The Morgan fingerprint density at radius 1 is 1.05 bits per heavy atom. The van der Waals surface area contributed by atoms with Crippen molar-refractivity contribution < 1.29 is 0 Å². The molecule has 0 aliphatic heterocycles. The van der Waals surface area contributed by atoms with Crippen LogP contribution in [0.2, 0.25) is 0 Å². The molecule has 0 bridgehead atoms. The highest BCUT2D eigenvalue weighted by Crippen LogP contribution is 2.25. The van der Waals surface area contributed by atoms with Crippen molar-refractivity contribution in [2.24, 2.45) is 0 Å². The highest BCUT2D eigenvalue weighted by Gasteiger charge is 2.14. The second-order valence-corrected chi connectivity index (χ2v) is 6.06. The van der Waals surface area contributed by atoms with Gasteiger partial charge in [0.2, 0.25) is 5.95 Å². The maximum absolute atomic E-state index is 11.8. The maximum atomic E-state index is 11.8. The molecule has 6 heteroatoms. The zero-order chi connectivity index (χ0) is 15.2. The van der Waals surface area contributed by atoms with Crippen LogP contribution < -0.4 is 11.3 Å². The molecule has 0 unspecified atom stereocenters. The van der Waals surface area contributed by atoms with Gasteiger partial charge < -0.3 is 10.7 Å². The zero-order valence-corrected chi connectivity index (χ0v) is 12.2. The highest BCUT2D eigenvalue weighted by atomic mass is 16.1. The van der Waals surface area contributed by atoms with E-state index in [9.17, 15) is 4.79 Å². The molecule has 1 aromatic carbocycles. The number of fused-ring (bicyclic) bond motifs is 1. The number of hydrogen-bond acceptors (Lipinski definition) is 4. The quantitative estimate of drug-likeness (QED) is 0.637. The molecule has 0 amide bonds. The van der Waals surface area contributed by atoms with Gasteiger partial charge in [0.15, 0.2) is 11.2 Å². The number of nitrogens with two attached hydrogens (primary N) is 1. The summed E-state index contributed by atoms with van der Waals surface area (Å²) in [6.07, 6.45) is 0. The standard InChI is InChI=1S/C15H17N5O/c1-15(2,3)9-6-4-8(5-7-9)11-17-10-12(18-11)19-14(16)20-13(10)21/h4-7H,1-3H3,(H4,16,17,18,19,20,21). The van der Waals surface area contributed by atoms with Crippen molar-refractivity contribution in [2.75, 3.05) is 5.73 Å². The third-order valence-electron chi connectivity index (χ3n) is 3.40. The summed E-state index contributed by atoms with van der Waals surface area (Å²) in [5, 5.41) is 0. The SMILES string of the molecule is CC(C)(C)c1ccc(-c2nc3nc(N)[nH]c(=O)c3[nH]2)cc1. The summed E-state index contributed by atoms with van der Waals surface area (Å²) in [6, 6.07) is 8.09. The van der Waals surface area contributed by atoms with Crippen LogP contribution in [0.4, 0.5) is 5.95 Å². The summed E-state index contributed by atoms with van der Waals surface area (Å²) < 4.78 is 0. The smallest absolute Gasteiger partial charge is 0.278 e. The van der Waals surface area contributed by atoms with Crippen LogP contribution in [0, 0.1) is 0 Å². The van der Waals surface area contributed by atoms with Crippen LogP contribution in [0.15, 0.2) is 29.1 Å². The molecule has 0 atom stereocenters. The van der Waals surface area contributed by atoms with Crippen LogP contribution in [0.1, 0.15) is 26.3 Å². The Kier molecular flexibility index (Phi) is 2.83. The number of benzene rings is 1. The summed E-state index contributed by atoms with van der Waals surface area (Å²) in [7, 11) is 0. The number of nitrogens with one attached hydrogen (secondary N) is 2. The molecule has 108 valence electrons. The third-order valence-corrected chi connectivity index (χ3v) is 3.40. The van der Waals surface area contributed by atoms with Gasteiger partial charge in [0.1, 0.15) is 5.82 Å². The third kappa shape index (κ3) is 2.40. The fourth-order valence-corrected chi connectivity index (χ4v) is 2.19. The second-order valence-electron chi connectivity index (χ2n) is 6.06. The normalized spacial score (nSPS) is 12.0. The van der Waals surface area contributed by atoms with E-state index in [2.05, 4.69) is 52.8 Å². The van der Waals surface area contributed by atoms with Gasteiger partial charge in [-0.15, -0.1) is 0 Å². The van der Waals surface area contributed by atoms with Gasteiger partial charge in [-0.25, -0.2) is 4.98 Å². The van der Waals surface area contributed by atoms with Gasteiger partial charge in [-0.2, -0.15) is 4.98 Å². The lowest BCUT2D eigenvalue weighted by molar-refractivity contribution is 0.590. The predicted octanol–water partition coefficient (Wildman–Crippen LogP) is 2.19. The van der Waals surface area contributed by atoms with Gasteiger partial charge >= 0.3 is 0 Å². The van der Waals surface area contributed by atoms with Gasteiger partial charge in [-0.05, 0) is 11.0 Å². The predicted molar refractivity (Wildman–Crippen MR) is 83.1 cm³/mol. The van der Waals surface area contributed by atoms with E-state index in [0.717, 1.165) is 5.56 Å². The number of nitrogen functional groups attached to an aromatic ring is 1. The van der Waals surface area contributed by atoms with Crippen LogP contribution >= 0.6 is 0 Å².